The minimum absolute atomic E-state index is 0.604. The SMILES string of the molecule is C#CCN(CCC)c1ccc(C=O)s1. The summed E-state index contributed by atoms with van der Waals surface area (Å²) in [6.07, 6.45) is 7.20. The lowest BCUT2D eigenvalue weighted by Gasteiger charge is -2.18. The average Bonchev–Trinajstić information content (AvgIpc) is 2.65. The molecule has 0 unspecified atom stereocenters. The van der Waals surface area contributed by atoms with E-state index in [1.54, 1.807) is 0 Å². The van der Waals surface area contributed by atoms with Gasteiger partial charge in [-0.3, -0.25) is 4.79 Å². The van der Waals surface area contributed by atoms with Crippen LogP contribution in [0.3, 0.4) is 0 Å². The molecule has 0 amide bonds. The molecule has 1 heterocycles. The van der Waals surface area contributed by atoms with Gasteiger partial charge in [0.05, 0.1) is 16.4 Å². The summed E-state index contributed by atoms with van der Waals surface area (Å²) in [5.74, 6) is 2.62. The van der Waals surface area contributed by atoms with Crippen LogP contribution in [0.15, 0.2) is 12.1 Å². The number of anilines is 1. The first-order valence-corrected chi connectivity index (χ1v) is 5.37. The fraction of sp³-hybridized carbons (Fsp3) is 0.364. The van der Waals surface area contributed by atoms with Gasteiger partial charge in [-0.05, 0) is 18.6 Å². The Morgan fingerprint density at radius 3 is 2.93 bits per heavy atom. The predicted molar refractivity (Wildman–Crippen MR) is 61.0 cm³/mol. The minimum Gasteiger partial charge on any atom is -0.352 e. The molecule has 1 aromatic rings. The van der Waals surface area contributed by atoms with Crippen molar-refractivity contribution in [3.05, 3.63) is 17.0 Å². The van der Waals surface area contributed by atoms with E-state index in [-0.39, 0.29) is 0 Å². The molecule has 14 heavy (non-hydrogen) atoms. The summed E-state index contributed by atoms with van der Waals surface area (Å²) in [6.45, 7) is 3.65. The lowest BCUT2D eigenvalue weighted by molar-refractivity contribution is 0.112. The molecule has 0 spiro atoms. The highest BCUT2D eigenvalue weighted by Crippen LogP contribution is 2.24. The Morgan fingerprint density at radius 2 is 2.43 bits per heavy atom. The maximum absolute atomic E-state index is 10.5. The standard InChI is InChI=1S/C11H13NOS/c1-3-7-12(8-4-2)11-6-5-10(9-13)14-11/h1,5-6,9H,4,7-8H2,2H3. The Hall–Kier alpha value is -1.27. The minimum atomic E-state index is 0.604. The first kappa shape index (κ1) is 10.8. The van der Waals surface area contributed by atoms with Crippen LogP contribution in [-0.2, 0) is 0 Å². The zero-order valence-electron chi connectivity index (χ0n) is 8.19. The van der Waals surface area contributed by atoms with Gasteiger partial charge in [-0.15, -0.1) is 17.8 Å². The Bertz CT molecular complexity index is 337. The number of terminal acetylenes is 1. The molecule has 0 N–H and O–H groups in total. The van der Waals surface area contributed by atoms with Gasteiger partial charge in [0, 0.05) is 6.54 Å². The third-order valence-electron chi connectivity index (χ3n) is 1.82. The summed E-state index contributed by atoms with van der Waals surface area (Å²) in [5, 5.41) is 1.08. The number of hydrogen-bond acceptors (Lipinski definition) is 3. The molecule has 1 rings (SSSR count). The van der Waals surface area contributed by atoms with Crippen LogP contribution in [-0.4, -0.2) is 19.4 Å². The van der Waals surface area contributed by atoms with Crippen LogP contribution in [0.1, 0.15) is 23.0 Å². The van der Waals surface area contributed by atoms with Crippen molar-refractivity contribution in [2.24, 2.45) is 0 Å². The molecule has 0 aromatic carbocycles. The number of thiophene rings is 1. The Morgan fingerprint density at radius 1 is 1.64 bits per heavy atom. The molecule has 0 aliphatic heterocycles. The first-order chi connectivity index (χ1) is 6.81. The summed E-state index contributed by atoms with van der Waals surface area (Å²) < 4.78 is 0. The monoisotopic (exact) mass is 207 g/mol. The largest absolute Gasteiger partial charge is 0.352 e. The second kappa shape index (κ2) is 5.46. The van der Waals surface area contributed by atoms with E-state index in [0.717, 1.165) is 29.1 Å². The van der Waals surface area contributed by atoms with E-state index in [0.29, 0.717) is 6.54 Å². The fourth-order valence-electron chi connectivity index (χ4n) is 1.22. The highest BCUT2D eigenvalue weighted by molar-refractivity contribution is 7.17. The molecule has 0 atom stereocenters. The van der Waals surface area contributed by atoms with Crippen molar-refractivity contribution in [3.8, 4) is 12.3 Å². The summed E-state index contributed by atoms with van der Waals surface area (Å²) >= 11 is 1.48. The smallest absolute Gasteiger partial charge is 0.160 e. The number of carbonyl (C=O) groups excluding carboxylic acids is 1. The first-order valence-electron chi connectivity index (χ1n) is 4.55. The van der Waals surface area contributed by atoms with Crippen molar-refractivity contribution in [1.29, 1.82) is 0 Å². The number of aldehydes is 1. The van der Waals surface area contributed by atoms with Gasteiger partial charge in [-0.25, -0.2) is 0 Å². The highest BCUT2D eigenvalue weighted by atomic mass is 32.1. The van der Waals surface area contributed by atoms with Gasteiger partial charge >= 0.3 is 0 Å². The molecular formula is C11H13NOS. The van der Waals surface area contributed by atoms with Crippen LogP contribution in [0.5, 0.6) is 0 Å². The van der Waals surface area contributed by atoms with Crippen molar-refractivity contribution in [2.75, 3.05) is 18.0 Å². The van der Waals surface area contributed by atoms with Crippen molar-refractivity contribution in [3.63, 3.8) is 0 Å². The van der Waals surface area contributed by atoms with Gasteiger partial charge in [0.25, 0.3) is 0 Å². The van der Waals surface area contributed by atoms with Gasteiger partial charge in [0.15, 0.2) is 6.29 Å². The van der Waals surface area contributed by atoms with Crippen LogP contribution >= 0.6 is 11.3 Å². The normalized spacial score (nSPS) is 9.43. The second-order valence-corrected chi connectivity index (χ2v) is 4.01. The van der Waals surface area contributed by atoms with E-state index in [4.69, 9.17) is 6.42 Å². The van der Waals surface area contributed by atoms with Gasteiger partial charge in [-0.1, -0.05) is 12.8 Å². The molecule has 2 nitrogen and oxygen atoms in total. The molecule has 0 aliphatic carbocycles. The fourth-order valence-corrected chi connectivity index (χ4v) is 2.07. The van der Waals surface area contributed by atoms with E-state index < -0.39 is 0 Å². The van der Waals surface area contributed by atoms with Gasteiger partial charge < -0.3 is 4.90 Å². The number of hydrogen-bond donors (Lipinski definition) is 0. The summed E-state index contributed by atoms with van der Waals surface area (Å²) in [7, 11) is 0. The van der Waals surface area contributed by atoms with Crippen LogP contribution in [0, 0.1) is 12.3 Å². The molecule has 0 aliphatic rings. The molecule has 0 saturated carbocycles. The zero-order chi connectivity index (χ0) is 10.4. The van der Waals surface area contributed by atoms with Crippen molar-refractivity contribution in [1.82, 2.24) is 0 Å². The van der Waals surface area contributed by atoms with E-state index >= 15 is 0 Å². The predicted octanol–water partition coefficient (Wildman–Crippen LogP) is 2.41. The molecular weight excluding hydrogens is 194 g/mol. The van der Waals surface area contributed by atoms with Gasteiger partial charge in [0.1, 0.15) is 0 Å². The van der Waals surface area contributed by atoms with Crippen molar-refractivity contribution >= 4 is 22.6 Å². The van der Waals surface area contributed by atoms with E-state index in [2.05, 4.69) is 17.7 Å². The quantitative estimate of drug-likeness (QED) is 0.546. The topological polar surface area (TPSA) is 20.3 Å². The number of rotatable bonds is 5. The summed E-state index contributed by atoms with van der Waals surface area (Å²) in [4.78, 5) is 13.4. The molecule has 0 bridgehead atoms. The summed E-state index contributed by atoms with van der Waals surface area (Å²) in [5.41, 5.74) is 0. The van der Waals surface area contributed by atoms with Crippen LogP contribution in [0.25, 0.3) is 0 Å². The van der Waals surface area contributed by atoms with Crippen molar-refractivity contribution in [2.45, 2.75) is 13.3 Å². The number of nitrogens with zero attached hydrogens (tertiary/aromatic N) is 1. The maximum atomic E-state index is 10.5. The van der Waals surface area contributed by atoms with Gasteiger partial charge in [-0.2, -0.15) is 0 Å². The van der Waals surface area contributed by atoms with E-state index in [1.807, 2.05) is 12.1 Å². The van der Waals surface area contributed by atoms with E-state index in [1.165, 1.54) is 11.3 Å². The Balaban J connectivity index is 2.76. The molecule has 0 saturated heterocycles. The number of carbonyl (C=O) groups is 1. The average molecular weight is 207 g/mol. The van der Waals surface area contributed by atoms with Crippen LogP contribution < -0.4 is 4.90 Å². The molecule has 0 radical (unpaired) electrons. The summed E-state index contributed by atoms with van der Waals surface area (Å²) in [6, 6.07) is 3.77. The highest BCUT2D eigenvalue weighted by Gasteiger charge is 2.06. The lowest BCUT2D eigenvalue weighted by Crippen LogP contribution is -2.23. The second-order valence-electron chi connectivity index (χ2n) is 2.92. The maximum Gasteiger partial charge on any atom is 0.160 e. The Kier molecular flexibility index (Phi) is 4.21. The molecule has 3 heteroatoms. The zero-order valence-corrected chi connectivity index (χ0v) is 9.01. The molecule has 0 fully saturated rings. The van der Waals surface area contributed by atoms with Gasteiger partial charge in [0.2, 0.25) is 0 Å². The van der Waals surface area contributed by atoms with E-state index in [9.17, 15) is 4.79 Å². The third kappa shape index (κ3) is 2.61. The van der Waals surface area contributed by atoms with Crippen LogP contribution in [0.4, 0.5) is 5.00 Å². The third-order valence-corrected chi connectivity index (χ3v) is 2.89. The molecule has 74 valence electrons. The lowest BCUT2D eigenvalue weighted by atomic mass is 10.4. The van der Waals surface area contributed by atoms with Crippen LogP contribution in [0.2, 0.25) is 0 Å². The molecule has 1 aromatic heterocycles. The van der Waals surface area contributed by atoms with Crippen molar-refractivity contribution < 1.29 is 4.79 Å². The Labute approximate surface area is 88.5 Å².